The van der Waals surface area contributed by atoms with E-state index >= 15 is 0 Å². The molecular weight excluding hydrogens is 504 g/mol. The molecule has 168 valence electrons. The number of benzene rings is 4. The number of hydrogen-bond donors (Lipinski definition) is 0. The van der Waals surface area contributed by atoms with Gasteiger partial charge < -0.3 is 4.42 Å². The van der Waals surface area contributed by atoms with Crippen LogP contribution >= 0.6 is 15.9 Å². The van der Waals surface area contributed by atoms with Gasteiger partial charge in [-0.1, -0.05) is 70.5 Å². The summed E-state index contributed by atoms with van der Waals surface area (Å²) in [5.41, 5.74) is 2.22. The van der Waals surface area contributed by atoms with Crippen LogP contribution in [-0.2, 0) is 0 Å². The number of para-hydroxylation sites is 1. The quantitative estimate of drug-likeness (QED) is 0.229. The van der Waals surface area contributed by atoms with Crippen molar-refractivity contribution in [1.29, 1.82) is 0 Å². The highest BCUT2D eigenvalue weighted by molar-refractivity contribution is 9.10. The zero-order chi connectivity index (χ0) is 23.9. The smallest absolute Gasteiger partial charge is 0.246 e. The molecule has 2 aromatic heterocycles. The molecule has 0 saturated carbocycles. The van der Waals surface area contributed by atoms with Crippen LogP contribution in [0.25, 0.3) is 27.4 Å². The van der Waals surface area contributed by atoms with Crippen LogP contribution in [0.2, 0.25) is 0 Å². The minimum atomic E-state index is -0.355. The maximum absolute atomic E-state index is 13.6. The molecule has 4 aromatic carbocycles. The maximum atomic E-state index is 13.6. The van der Waals surface area contributed by atoms with Crippen molar-refractivity contribution in [3.8, 4) is 5.69 Å². The lowest BCUT2D eigenvalue weighted by molar-refractivity contribution is 0.100. The Morgan fingerprint density at radius 3 is 2.31 bits per heavy atom. The zero-order valence-corrected chi connectivity index (χ0v) is 19.9. The summed E-state index contributed by atoms with van der Waals surface area (Å²) >= 11 is 3.44. The van der Waals surface area contributed by atoms with Gasteiger partial charge in [-0.15, -0.1) is 0 Å². The molecular formula is C29H17BrN2O3. The fraction of sp³-hybridized carbons (Fsp3) is 0. The number of halogens is 1. The molecule has 6 aromatic rings. The van der Waals surface area contributed by atoms with E-state index in [0.717, 1.165) is 20.6 Å². The lowest BCUT2D eigenvalue weighted by atomic mass is 10.0. The average molecular weight is 521 g/mol. The van der Waals surface area contributed by atoms with Crippen molar-refractivity contribution < 1.29 is 14.0 Å². The van der Waals surface area contributed by atoms with Gasteiger partial charge in [0.05, 0.1) is 5.69 Å². The number of nitrogens with zero attached hydrogens (tertiary/aromatic N) is 2. The van der Waals surface area contributed by atoms with E-state index in [1.54, 1.807) is 18.2 Å². The number of hydrogen-bond acceptors (Lipinski definition) is 4. The average Bonchev–Trinajstić information content (AvgIpc) is 3.53. The first kappa shape index (κ1) is 21.3. The minimum absolute atomic E-state index is 0.180. The number of rotatable bonds is 5. The lowest BCUT2D eigenvalue weighted by Gasteiger charge is -2.05. The highest BCUT2D eigenvalue weighted by Gasteiger charge is 2.24. The zero-order valence-electron chi connectivity index (χ0n) is 18.3. The first-order valence-corrected chi connectivity index (χ1v) is 11.8. The van der Waals surface area contributed by atoms with Crippen molar-refractivity contribution in [3.05, 3.63) is 130 Å². The molecule has 2 heterocycles. The maximum Gasteiger partial charge on any atom is 0.246 e. The van der Waals surface area contributed by atoms with Gasteiger partial charge in [0.15, 0.2) is 5.76 Å². The first-order valence-electron chi connectivity index (χ1n) is 11.0. The van der Waals surface area contributed by atoms with Crippen LogP contribution in [0.3, 0.4) is 0 Å². The molecule has 0 aliphatic rings. The van der Waals surface area contributed by atoms with Gasteiger partial charge in [0, 0.05) is 15.4 Å². The van der Waals surface area contributed by atoms with Crippen molar-refractivity contribution in [2.45, 2.75) is 0 Å². The third-order valence-corrected chi connectivity index (χ3v) is 6.38. The SMILES string of the molecule is O=C(c1ccc2ccccc2c1)c1cc(C(=O)c2cc3cc(Br)ccc3o2)n(-c2ccccc2)n1. The third-order valence-electron chi connectivity index (χ3n) is 5.89. The number of fused-ring (bicyclic) bond motifs is 2. The molecule has 0 fully saturated rings. The van der Waals surface area contributed by atoms with E-state index in [4.69, 9.17) is 4.42 Å². The Labute approximate surface area is 208 Å². The van der Waals surface area contributed by atoms with Gasteiger partial charge in [0.1, 0.15) is 17.0 Å². The van der Waals surface area contributed by atoms with Crippen LogP contribution in [0.5, 0.6) is 0 Å². The second-order valence-corrected chi connectivity index (χ2v) is 9.09. The number of ketones is 2. The molecule has 0 saturated heterocycles. The fourth-order valence-corrected chi connectivity index (χ4v) is 4.53. The van der Waals surface area contributed by atoms with Gasteiger partial charge in [0.25, 0.3) is 0 Å². The Balaban J connectivity index is 1.46. The normalized spacial score (nSPS) is 11.2. The predicted molar refractivity (Wildman–Crippen MR) is 138 cm³/mol. The van der Waals surface area contributed by atoms with Crippen LogP contribution in [-0.4, -0.2) is 21.3 Å². The third kappa shape index (κ3) is 3.88. The highest BCUT2D eigenvalue weighted by Crippen LogP contribution is 2.26. The van der Waals surface area contributed by atoms with Crippen molar-refractivity contribution in [1.82, 2.24) is 9.78 Å². The van der Waals surface area contributed by atoms with E-state index in [9.17, 15) is 9.59 Å². The lowest BCUT2D eigenvalue weighted by Crippen LogP contribution is -2.09. The minimum Gasteiger partial charge on any atom is -0.453 e. The number of carbonyl (C=O) groups excluding carboxylic acids is 2. The van der Waals surface area contributed by atoms with E-state index in [1.165, 1.54) is 10.7 Å². The summed E-state index contributed by atoms with van der Waals surface area (Å²) in [6.07, 6.45) is 0. The Bertz CT molecular complexity index is 1750. The molecule has 0 aliphatic carbocycles. The van der Waals surface area contributed by atoms with Crippen molar-refractivity contribution >= 4 is 49.2 Å². The summed E-state index contributed by atoms with van der Waals surface area (Å²) in [5, 5.41) is 7.37. The van der Waals surface area contributed by atoms with Crippen molar-refractivity contribution in [2.75, 3.05) is 0 Å². The molecule has 5 nitrogen and oxygen atoms in total. The van der Waals surface area contributed by atoms with Gasteiger partial charge in [0.2, 0.25) is 11.6 Å². The van der Waals surface area contributed by atoms with E-state index in [-0.39, 0.29) is 28.7 Å². The van der Waals surface area contributed by atoms with Crippen LogP contribution in [0.4, 0.5) is 0 Å². The first-order chi connectivity index (χ1) is 17.1. The second kappa shape index (κ2) is 8.49. The molecule has 0 amide bonds. The Morgan fingerprint density at radius 2 is 1.49 bits per heavy atom. The second-order valence-electron chi connectivity index (χ2n) is 8.18. The monoisotopic (exact) mass is 520 g/mol. The van der Waals surface area contributed by atoms with Gasteiger partial charge in [-0.05, 0) is 59.3 Å². The number of aromatic nitrogens is 2. The van der Waals surface area contributed by atoms with E-state index in [1.807, 2.05) is 78.9 Å². The number of furan rings is 1. The summed E-state index contributed by atoms with van der Waals surface area (Å²) in [5.74, 6) is -0.431. The van der Waals surface area contributed by atoms with E-state index in [0.29, 0.717) is 16.8 Å². The van der Waals surface area contributed by atoms with Gasteiger partial charge in [-0.25, -0.2) is 4.68 Å². The van der Waals surface area contributed by atoms with Crippen LogP contribution in [0.15, 0.2) is 112 Å². The summed E-state index contributed by atoms with van der Waals surface area (Å²) in [7, 11) is 0. The molecule has 35 heavy (non-hydrogen) atoms. The predicted octanol–water partition coefficient (Wildman–Crippen LogP) is 7.00. The van der Waals surface area contributed by atoms with Gasteiger partial charge in [-0.2, -0.15) is 5.10 Å². The molecule has 0 bridgehead atoms. The molecule has 0 unspecified atom stereocenters. The fourth-order valence-electron chi connectivity index (χ4n) is 4.15. The topological polar surface area (TPSA) is 65.1 Å². The molecule has 0 N–H and O–H groups in total. The molecule has 0 spiro atoms. The van der Waals surface area contributed by atoms with E-state index < -0.39 is 0 Å². The molecule has 0 aliphatic heterocycles. The van der Waals surface area contributed by atoms with Crippen LogP contribution in [0, 0.1) is 0 Å². The van der Waals surface area contributed by atoms with E-state index in [2.05, 4.69) is 21.0 Å². The van der Waals surface area contributed by atoms with Crippen LogP contribution < -0.4 is 0 Å². The molecule has 6 rings (SSSR count). The number of carbonyl (C=O) groups is 2. The summed E-state index contributed by atoms with van der Waals surface area (Å²) in [4.78, 5) is 27.0. The van der Waals surface area contributed by atoms with Crippen molar-refractivity contribution in [3.63, 3.8) is 0 Å². The van der Waals surface area contributed by atoms with Crippen LogP contribution in [0.1, 0.15) is 32.3 Å². The molecule has 6 heteroatoms. The van der Waals surface area contributed by atoms with Gasteiger partial charge in [-0.3, -0.25) is 9.59 Å². The highest BCUT2D eigenvalue weighted by atomic mass is 79.9. The standard InChI is InChI=1S/C29H17BrN2O3/c30-22-12-13-26-21(15-22)16-27(35-26)29(34)25-17-24(31-32(25)23-8-2-1-3-9-23)28(33)20-11-10-18-6-4-5-7-19(18)14-20/h1-17H. The summed E-state index contributed by atoms with van der Waals surface area (Å²) in [6, 6.07) is 31.4. The Morgan fingerprint density at radius 1 is 0.714 bits per heavy atom. The summed E-state index contributed by atoms with van der Waals surface area (Å²) < 4.78 is 8.23. The molecule has 0 atom stereocenters. The Hall–Kier alpha value is -4.29. The molecule has 0 radical (unpaired) electrons. The van der Waals surface area contributed by atoms with Gasteiger partial charge >= 0.3 is 0 Å². The largest absolute Gasteiger partial charge is 0.453 e. The Kier molecular flexibility index (Phi) is 5.16. The van der Waals surface area contributed by atoms with Crippen molar-refractivity contribution in [2.24, 2.45) is 0 Å². The summed E-state index contributed by atoms with van der Waals surface area (Å²) in [6.45, 7) is 0.